The third-order valence-electron chi connectivity index (χ3n) is 2.67. The van der Waals surface area contributed by atoms with Crippen molar-refractivity contribution in [1.29, 1.82) is 0 Å². The number of carbonyl (C=O) groups excluding carboxylic acids is 1. The molecule has 0 radical (unpaired) electrons. The molecule has 18 heavy (non-hydrogen) atoms. The Morgan fingerprint density at radius 3 is 2.33 bits per heavy atom. The van der Waals surface area contributed by atoms with Crippen LogP contribution in [-0.2, 0) is 0 Å². The van der Waals surface area contributed by atoms with Crippen molar-refractivity contribution < 1.29 is 9.18 Å². The van der Waals surface area contributed by atoms with E-state index in [1.165, 1.54) is 6.07 Å². The van der Waals surface area contributed by atoms with E-state index in [1.807, 2.05) is 0 Å². The topological polar surface area (TPSA) is 17.1 Å². The largest absolute Gasteiger partial charge is 0.298 e. The molecule has 1 nitrogen and oxygen atoms in total. The van der Waals surface area contributed by atoms with Gasteiger partial charge in [0.05, 0.1) is 5.02 Å². The molecule has 0 aliphatic heterocycles. The molecular weight excluding hydrogens is 274 g/mol. The minimum atomic E-state index is -0.357. The summed E-state index contributed by atoms with van der Waals surface area (Å²) in [6.45, 7) is 1.66. The summed E-state index contributed by atoms with van der Waals surface area (Å²) in [7, 11) is 0. The SMILES string of the molecule is Cc1cc(-c2ccc(C=O)cc2Cl)c(Cl)cc1F. The quantitative estimate of drug-likeness (QED) is 0.715. The molecule has 0 aliphatic carbocycles. The molecule has 0 saturated heterocycles. The lowest BCUT2D eigenvalue weighted by molar-refractivity contribution is 0.112. The van der Waals surface area contributed by atoms with Gasteiger partial charge < -0.3 is 0 Å². The van der Waals surface area contributed by atoms with E-state index < -0.39 is 0 Å². The van der Waals surface area contributed by atoms with Gasteiger partial charge in [-0.05, 0) is 30.7 Å². The van der Waals surface area contributed by atoms with Crippen LogP contribution >= 0.6 is 23.2 Å². The molecule has 4 heteroatoms. The molecule has 0 heterocycles. The van der Waals surface area contributed by atoms with E-state index in [0.717, 1.165) is 0 Å². The molecule has 0 aromatic heterocycles. The first-order valence-electron chi connectivity index (χ1n) is 5.23. The number of carbonyl (C=O) groups is 1. The molecule has 0 bridgehead atoms. The zero-order valence-electron chi connectivity index (χ0n) is 9.51. The number of benzene rings is 2. The molecule has 0 atom stereocenters. The Kier molecular flexibility index (Phi) is 3.69. The van der Waals surface area contributed by atoms with Gasteiger partial charge in [0.1, 0.15) is 12.1 Å². The average Bonchev–Trinajstić information content (AvgIpc) is 2.34. The monoisotopic (exact) mass is 282 g/mol. The lowest BCUT2D eigenvalue weighted by Crippen LogP contribution is -1.89. The fourth-order valence-corrected chi connectivity index (χ4v) is 2.23. The lowest BCUT2D eigenvalue weighted by Gasteiger charge is -2.09. The highest BCUT2D eigenvalue weighted by atomic mass is 35.5. The Hall–Kier alpha value is -1.38. The predicted octanol–water partition coefficient (Wildman–Crippen LogP) is 4.92. The van der Waals surface area contributed by atoms with Crippen LogP contribution < -0.4 is 0 Å². The fraction of sp³-hybridized carbons (Fsp3) is 0.0714. The Morgan fingerprint density at radius 1 is 1.06 bits per heavy atom. The second-order valence-electron chi connectivity index (χ2n) is 3.94. The van der Waals surface area contributed by atoms with Crippen molar-refractivity contribution in [2.75, 3.05) is 0 Å². The van der Waals surface area contributed by atoms with Crippen LogP contribution in [0.4, 0.5) is 4.39 Å². The molecule has 0 spiro atoms. The third kappa shape index (κ3) is 2.40. The smallest absolute Gasteiger partial charge is 0.150 e. The molecule has 0 aliphatic rings. The average molecular weight is 283 g/mol. The van der Waals surface area contributed by atoms with Gasteiger partial charge in [0.15, 0.2) is 0 Å². The molecule has 0 saturated carbocycles. The Morgan fingerprint density at radius 2 is 1.72 bits per heavy atom. The number of aldehydes is 1. The Balaban J connectivity index is 2.62. The lowest BCUT2D eigenvalue weighted by atomic mass is 10.0. The minimum Gasteiger partial charge on any atom is -0.298 e. The van der Waals surface area contributed by atoms with Crippen LogP contribution in [0.25, 0.3) is 11.1 Å². The Labute approximate surface area is 114 Å². The molecule has 2 aromatic carbocycles. The zero-order chi connectivity index (χ0) is 13.3. The van der Waals surface area contributed by atoms with Gasteiger partial charge in [-0.1, -0.05) is 35.3 Å². The number of hydrogen-bond acceptors (Lipinski definition) is 1. The maximum Gasteiger partial charge on any atom is 0.150 e. The first-order chi connectivity index (χ1) is 8.52. The van der Waals surface area contributed by atoms with E-state index in [0.29, 0.717) is 38.6 Å². The van der Waals surface area contributed by atoms with Gasteiger partial charge >= 0.3 is 0 Å². The summed E-state index contributed by atoms with van der Waals surface area (Å²) in [6, 6.07) is 7.79. The highest BCUT2D eigenvalue weighted by molar-refractivity contribution is 6.36. The molecule has 92 valence electrons. The summed E-state index contributed by atoms with van der Waals surface area (Å²) < 4.78 is 13.3. The van der Waals surface area contributed by atoms with Crippen LogP contribution in [0.15, 0.2) is 30.3 Å². The van der Waals surface area contributed by atoms with Crippen molar-refractivity contribution in [2.45, 2.75) is 6.92 Å². The van der Waals surface area contributed by atoms with Gasteiger partial charge in [-0.3, -0.25) is 4.79 Å². The summed E-state index contributed by atoms with van der Waals surface area (Å²) in [5.74, 6) is -0.357. The first kappa shape index (κ1) is 13.1. The van der Waals surface area contributed by atoms with Gasteiger partial charge in [0, 0.05) is 21.7 Å². The van der Waals surface area contributed by atoms with Gasteiger partial charge in [0.25, 0.3) is 0 Å². The first-order valence-corrected chi connectivity index (χ1v) is 5.99. The summed E-state index contributed by atoms with van der Waals surface area (Å²) >= 11 is 12.1. The summed E-state index contributed by atoms with van der Waals surface area (Å²) in [5.41, 5.74) is 2.30. The molecular formula is C14H9Cl2FO. The number of rotatable bonds is 2. The van der Waals surface area contributed by atoms with Gasteiger partial charge in [-0.2, -0.15) is 0 Å². The fourth-order valence-electron chi connectivity index (χ4n) is 1.69. The second kappa shape index (κ2) is 5.09. The molecule has 0 unspecified atom stereocenters. The molecule has 0 amide bonds. The van der Waals surface area contributed by atoms with Gasteiger partial charge in [0.2, 0.25) is 0 Å². The third-order valence-corrected chi connectivity index (χ3v) is 3.29. The van der Waals surface area contributed by atoms with Crippen molar-refractivity contribution in [3.8, 4) is 11.1 Å². The number of hydrogen-bond donors (Lipinski definition) is 0. The van der Waals surface area contributed by atoms with E-state index >= 15 is 0 Å². The van der Waals surface area contributed by atoms with E-state index in [9.17, 15) is 9.18 Å². The van der Waals surface area contributed by atoms with E-state index in [1.54, 1.807) is 31.2 Å². The molecule has 2 rings (SSSR count). The second-order valence-corrected chi connectivity index (χ2v) is 4.75. The predicted molar refractivity (Wildman–Crippen MR) is 72.0 cm³/mol. The van der Waals surface area contributed by atoms with Crippen molar-refractivity contribution in [3.05, 3.63) is 57.3 Å². The zero-order valence-corrected chi connectivity index (χ0v) is 11.0. The summed E-state index contributed by atoms with van der Waals surface area (Å²) in [5, 5.41) is 0.700. The van der Waals surface area contributed by atoms with Crippen LogP contribution in [0.2, 0.25) is 10.0 Å². The Bertz CT molecular complexity index is 623. The van der Waals surface area contributed by atoms with Gasteiger partial charge in [-0.15, -0.1) is 0 Å². The molecule has 0 N–H and O–H groups in total. The summed E-state index contributed by atoms with van der Waals surface area (Å²) in [6.07, 6.45) is 0.715. The number of aryl methyl sites for hydroxylation is 1. The van der Waals surface area contributed by atoms with Crippen molar-refractivity contribution in [2.24, 2.45) is 0 Å². The van der Waals surface area contributed by atoms with Crippen LogP contribution in [0.1, 0.15) is 15.9 Å². The highest BCUT2D eigenvalue weighted by Crippen LogP contribution is 2.35. The number of halogens is 3. The van der Waals surface area contributed by atoms with E-state index in [-0.39, 0.29) is 5.82 Å². The maximum absolute atomic E-state index is 13.3. The van der Waals surface area contributed by atoms with Crippen LogP contribution in [0.5, 0.6) is 0 Å². The van der Waals surface area contributed by atoms with E-state index in [2.05, 4.69) is 0 Å². The standard InChI is InChI=1S/C14H9Cl2FO/c1-8-4-11(13(16)6-14(8)17)10-3-2-9(7-18)5-12(10)15/h2-7H,1H3. The van der Waals surface area contributed by atoms with Crippen LogP contribution in [-0.4, -0.2) is 6.29 Å². The van der Waals surface area contributed by atoms with Crippen molar-refractivity contribution in [3.63, 3.8) is 0 Å². The summed E-state index contributed by atoms with van der Waals surface area (Å²) in [4.78, 5) is 10.6. The van der Waals surface area contributed by atoms with E-state index in [4.69, 9.17) is 23.2 Å². The van der Waals surface area contributed by atoms with Crippen LogP contribution in [0, 0.1) is 12.7 Å². The molecule has 0 fully saturated rings. The normalized spacial score (nSPS) is 10.4. The van der Waals surface area contributed by atoms with Gasteiger partial charge in [-0.25, -0.2) is 4.39 Å². The van der Waals surface area contributed by atoms with Crippen molar-refractivity contribution in [1.82, 2.24) is 0 Å². The molecule has 2 aromatic rings. The van der Waals surface area contributed by atoms with Crippen molar-refractivity contribution >= 4 is 29.5 Å². The minimum absolute atomic E-state index is 0.291. The van der Waals surface area contributed by atoms with Crippen LogP contribution in [0.3, 0.4) is 0 Å². The maximum atomic E-state index is 13.3. The highest BCUT2D eigenvalue weighted by Gasteiger charge is 2.11.